The van der Waals surface area contributed by atoms with Crippen LogP contribution in [0.2, 0.25) is 0 Å². The minimum absolute atomic E-state index is 0.147. The van der Waals surface area contributed by atoms with Gasteiger partial charge in [0.05, 0.1) is 11.3 Å². The number of nitrogens with two attached hydrogens (primary N) is 1. The Morgan fingerprint density at radius 2 is 2.25 bits per heavy atom. The first-order valence-electron chi connectivity index (χ1n) is 6.88. The van der Waals surface area contributed by atoms with Gasteiger partial charge in [0.25, 0.3) is 0 Å². The highest BCUT2D eigenvalue weighted by molar-refractivity contribution is 6.02. The first-order valence-corrected chi connectivity index (χ1v) is 6.88. The summed E-state index contributed by atoms with van der Waals surface area (Å²) in [6.07, 6.45) is 2.11. The van der Waals surface area contributed by atoms with E-state index in [-0.39, 0.29) is 11.4 Å². The van der Waals surface area contributed by atoms with Crippen LogP contribution < -0.4 is 10.6 Å². The largest absolute Gasteiger partial charge is 0.409 e. The predicted molar refractivity (Wildman–Crippen MR) is 80.6 cm³/mol. The van der Waals surface area contributed by atoms with Crippen molar-refractivity contribution in [3.8, 4) is 0 Å². The quantitative estimate of drug-likeness (QED) is 0.384. The molecule has 110 valence electrons. The van der Waals surface area contributed by atoms with E-state index in [0.29, 0.717) is 0 Å². The molecule has 1 unspecified atom stereocenters. The monoisotopic (exact) mass is 277 g/mol. The van der Waals surface area contributed by atoms with Crippen molar-refractivity contribution in [3.63, 3.8) is 0 Å². The fourth-order valence-corrected chi connectivity index (χ4v) is 2.90. The van der Waals surface area contributed by atoms with Gasteiger partial charge in [-0.2, -0.15) is 0 Å². The summed E-state index contributed by atoms with van der Waals surface area (Å²) in [5, 5.41) is 12.1. The number of anilines is 1. The highest BCUT2D eigenvalue weighted by atomic mass is 16.5. The van der Waals surface area contributed by atoms with Crippen molar-refractivity contribution in [2.24, 2.45) is 10.9 Å². The lowest BCUT2D eigenvalue weighted by molar-refractivity contribution is -0.00467. The number of rotatable bonds is 3. The Kier molecular flexibility index (Phi) is 4.18. The van der Waals surface area contributed by atoms with Gasteiger partial charge in [-0.15, -0.1) is 0 Å². The minimum atomic E-state index is -0.150. The van der Waals surface area contributed by atoms with E-state index in [1.54, 1.807) is 7.11 Å². The molecular weight excluding hydrogens is 254 g/mol. The van der Waals surface area contributed by atoms with Crippen LogP contribution in [0.4, 0.5) is 5.69 Å². The summed E-state index contributed by atoms with van der Waals surface area (Å²) in [5.74, 6) is 0.147. The molecule has 0 radical (unpaired) electrons. The Morgan fingerprint density at radius 3 is 2.90 bits per heavy atom. The second-order valence-corrected chi connectivity index (χ2v) is 5.64. The van der Waals surface area contributed by atoms with Gasteiger partial charge in [0.1, 0.15) is 0 Å². The molecule has 1 aliphatic heterocycles. The summed E-state index contributed by atoms with van der Waals surface area (Å²) in [4.78, 5) is 2.27. The second-order valence-electron chi connectivity index (χ2n) is 5.64. The first kappa shape index (κ1) is 14.7. The maximum atomic E-state index is 8.97. The number of oxime groups is 1. The Bertz CT molecular complexity index is 516. The molecular formula is C15H23N3O2. The van der Waals surface area contributed by atoms with E-state index in [4.69, 9.17) is 15.7 Å². The normalized spacial score (nSPS) is 23.9. The molecule has 5 nitrogen and oxygen atoms in total. The number of nitrogens with zero attached hydrogens (tertiary/aromatic N) is 2. The Balaban J connectivity index is 2.42. The van der Waals surface area contributed by atoms with Crippen molar-refractivity contribution < 1.29 is 9.94 Å². The van der Waals surface area contributed by atoms with Gasteiger partial charge in [-0.3, -0.25) is 0 Å². The van der Waals surface area contributed by atoms with Crippen LogP contribution in [0.15, 0.2) is 23.4 Å². The minimum Gasteiger partial charge on any atom is -0.409 e. The van der Waals surface area contributed by atoms with Gasteiger partial charge in [-0.1, -0.05) is 17.3 Å². The molecule has 1 fully saturated rings. The molecule has 1 aliphatic rings. The Hall–Kier alpha value is -1.75. The van der Waals surface area contributed by atoms with Crippen LogP contribution in [-0.4, -0.2) is 36.8 Å². The Labute approximate surface area is 120 Å². The van der Waals surface area contributed by atoms with Crippen molar-refractivity contribution in [1.29, 1.82) is 0 Å². The third-order valence-electron chi connectivity index (χ3n) is 4.09. The lowest BCUT2D eigenvalue weighted by atomic mass is 9.93. The second kappa shape index (κ2) is 5.71. The molecule has 0 aromatic heterocycles. The third kappa shape index (κ3) is 2.72. The highest BCUT2D eigenvalue weighted by Crippen LogP contribution is 2.32. The highest BCUT2D eigenvalue weighted by Gasteiger charge is 2.32. The molecule has 0 amide bonds. The van der Waals surface area contributed by atoms with Gasteiger partial charge in [0.2, 0.25) is 0 Å². The molecule has 1 saturated heterocycles. The molecule has 0 saturated carbocycles. The van der Waals surface area contributed by atoms with Crippen molar-refractivity contribution in [2.45, 2.75) is 32.3 Å². The van der Waals surface area contributed by atoms with Crippen LogP contribution in [0.3, 0.4) is 0 Å². The first-order chi connectivity index (χ1) is 9.50. The average molecular weight is 277 g/mol. The number of ether oxygens (including phenoxy) is 1. The standard InChI is InChI=1S/C15H23N3O2/c1-11-6-4-7-12(14(16)17-19)13(11)18-9-5-8-15(2,10-18)20-3/h4,6-7,19H,5,8-10H2,1-3H3,(H2,16,17). The summed E-state index contributed by atoms with van der Waals surface area (Å²) in [6, 6.07) is 5.85. The molecule has 5 heteroatoms. The number of amidine groups is 1. The van der Waals surface area contributed by atoms with E-state index >= 15 is 0 Å². The molecule has 1 aromatic rings. The van der Waals surface area contributed by atoms with E-state index in [0.717, 1.165) is 42.7 Å². The van der Waals surface area contributed by atoms with Gasteiger partial charge in [-0.05, 0) is 38.3 Å². The van der Waals surface area contributed by atoms with Gasteiger partial charge in [-0.25, -0.2) is 0 Å². The van der Waals surface area contributed by atoms with E-state index in [1.807, 2.05) is 25.1 Å². The predicted octanol–water partition coefficient (Wildman–Crippen LogP) is 2.09. The summed E-state index contributed by atoms with van der Waals surface area (Å²) in [5.41, 5.74) is 8.59. The summed E-state index contributed by atoms with van der Waals surface area (Å²) in [6.45, 7) is 5.93. The molecule has 1 heterocycles. The fourth-order valence-electron chi connectivity index (χ4n) is 2.90. The number of para-hydroxylation sites is 1. The summed E-state index contributed by atoms with van der Waals surface area (Å²) in [7, 11) is 1.76. The smallest absolute Gasteiger partial charge is 0.172 e. The SMILES string of the molecule is COC1(C)CCCN(c2c(C)cccc2/C(N)=N/O)C1. The van der Waals surface area contributed by atoms with E-state index < -0.39 is 0 Å². The average Bonchev–Trinajstić information content (AvgIpc) is 2.46. The van der Waals surface area contributed by atoms with Gasteiger partial charge < -0.3 is 20.6 Å². The number of hydrogen-bond acceptors (Lipinski definition) is 4. The summed E-state index contributed by atoms with van der Waals surface area (Å²) >= 11 is 0. The maximum Gasteiger partial charge on any atom is 0.172 e. The van der Waals surface area contributed by atoms with E-state index in [2.05, 4.69) is 17.0 Å². The van der Waals surface area contributed by atoms with Crippen LogP contribution in [0, 0.1) is 6.92 Å². The molecule has 3 N–H and O–H groups in total. The van der Waals surface area contributed by atoms with Crippen molar-refractivity contribution in [1.82, 2.24) is 0 Å². The van der Waals surface area contributed by atoms with Gasteiger partial charge >= 0.3 is 0 Å². The maximum absolute atomic E-state index is 8.97. The van der Waals surface area contributed by atoms with Crippen LogP contribution in [-0.2, 0) is 4.74 Å². The number of aryl methyl sites for hydroxylation is 1. The third-order valence-corrected chi connectivity index (χ3v) is 4.09. The molecule has 0 bridgehead atoms. The lowest BCUT2D eigenvalue weighted by Gasteiger charge is -2.41. The molecule has 20 heavy (non-hydrogen) atoms. The van der Waals surface area contributed by atoms with Gasteiger partial charge in [0, 0.05) is 25.8 Å². The zero-order chi connectivity index (χ0) is 14.8. The molecule has 1 atom stereocenters. The van der Waals surface area contributed by atoms with Crippen molar-refractivity contribution in [3.05, 3.63) is 29.3 Å². The van der Waals surface area contributed by atoms with Crippen molar-refractivity contribution in [2.75, 3.05) is 25.1 Å². The Morgan fingerprint density at radius 1 is 1.50 bits per heavy atom. The van der Waals surface area contributed by atoms with Gasteiger partial charge in [0.15, 0.2) is 5.84 Å². The van der Waals surface area contributed by atoms with Crippen LogP contribution >= 0.6 is 0 Å². The zero-order valence-electron chi connectivity index (χ0n) is 12.4. The lowest BCUT2D eigenvalue weighted by Crippen LogP contribution is -2.48. The van der Waals surface area contributed by atoms with Crippen LogP contribution in [0.5, 0.6) is 0 Å². The molecule has 0 aliphatic carbocycles. The molecule has 0 spiro atoms. The number of benzene rings is 1. The number of piperidine rings is 1. The zero-order valence-corrected chi connectivity index (χ0v) is 12.4. The molecule has 1 aromatic carbocycles. The number of hydrogen-bond donors (Lipinski definition) is 2. The van der Waals surface area contributed by atoms with Crippen LogP contribution in [0.1, 0.15) is 30.9 Å². The summed E-state index contributed by atoms with van der Waals surface area (Å²) < 4.78 is 5.64. The van der Waals surface area contributed by atoms with Crippen molar-refractivity contribution >= 4 is 11.5 Å². The van der Waals surface area contributed by atoms with E-state index in [1.165, 1.54) is 0 Å². The van der Waals surface area contributed by atoms with Crippen LogP contribution in [0.25, 0.3) is 0 Å². The van der Waals surface area contributed by atoms with E-state index in [9.17, 15) is 0 Å². The fraction of sp³-hybridized carbons (Fsp3) is 0.533. The molecule has 2 rings (SSSR count). The number of methoxy groups -OCH3 is 1. The topological polar surface area (TPSA) is 71.1 Å².